The molecule has 0 fully saturated rings. The number of halogens is 1. The predicted octanol–water partition coefficient (Wildman–Crippen LogP) is 0.690. The highest BCUT2D eigenvalue weighted by Crippen LogP contribution is 2.23. The zero-order valence-electron chi connectivity index (χ0n) is 12.7. The first-order chi connectivity index (χ1) is 10.3. The fourth-order valence-corrected chi connectivity index (χ4v) is 3.20. The molecule has 0 unspecified atom stereocenters. The quantitative estimate of drug-likeness (QED) is 0.599. The van der Waals surface area contributed by atoms with E-state index in [1.807, 2.05) is 0 Å². The van der Waals surface area contributed by atoms with Gasteiger partial charge in [-0.15, -0.1) is 0 Å². The van der Waals surface area contributed by atoms with E-state index in [4.69, 9.17) is 0 Å². The van der Waals surface area contributed by atoms with Crippen LogP contribution in [0.4, 0.5) is 0 Å². The van der Waals surface area contributed by atoms with Gasteiger partial charge in [-0.25, -0.2) is 4.57 Å². The number of benzene rings is 2. The Labute approximate surface area is 141 Å². The third-order valence-corrected chi connectivity index (χ3v) is 4.30. The molecule has 3 heteroatoms. The number of imidazole rings is 1. The average molecular weight is 355 g/mol. The van der Waals surface area contributed by atoms with E-state index in [9.17, 15) is 0 Å². The van der Waals surface area contributed by atoms with Gasteiger partial charge in [-0.05, 0) is 25.5 Å². The number of hydrogen-bond acceptors (Lipinski definition) is 0. The Hall–Kier alpha value is -1.87. The first kappa shape index (κ1) is 15.0. The number of fused-ring (bicyclic) bond motifs is 1. The first-order valence-electron chi connectivity index (χ1n) is 7.59. The van der Waals surface area contributed by atoms with Crippen molar-refractivity contribution in [3.8, 4) is 16.9 Å². The average Bonchev–Trinajstić information content (AvgIpc) is 3.11. The van der Waals surface area contributed by atoms with Crippen molar-refractivity contribution in [1.29, 1.82) is 0 Å². The SMILES string of the molecule is Cc1ccc(-n2cc(-c3ccccc3)[n+]3c2CCC3)cc1.[Br-]. The number of aryl methyl sites for hydroxylation is 1. The molecule has 0 radical (unpaired) electrons. The minimum atomic E-state index is 0. The van der Waals surface area contributed by atoms with Crippen molar-refractivity contribution in [2.45, 2.75) is 26.3 Å². The molecule has 1 aliphatic rings. The predicted molar refractivity (Wildman–Crippen MR) is 84.5 cm³/mol. The molecule has 0 N–H and O–H groups in total. The van der Waals surface area contributed by atoms with Gasteiger partial charge >= 0.3 is 0 Å². The van der Waals surface area contributed by atoms with Crippen molar-refractivity contribution in [1.82, 2.24) is 4.57 Å². The second-order valence-corrected chi connectivity index (χ2v) is 5.76. The molecule has 1 aliphatic heterocycles. The highest BCUT2D eigenvalue weighted by molar-refractivity contribution is 5.56. The molecule has 2 heterocycles. The molecule has 0 atom stereocenters. The Balaban J connectivity index is 0.00000144. The Morgan fingerprint density at radius 1 is 0.955 bits per heavy atom. The van der Waals surface area contributed by atoms with Crippen LogP contribution >= 0.6 is 0 Å². The summed E-state index contributed by atoms with van der Waals surface area (Å²) in [5, 5.41) is 0. The van der Waals surface area contributed by atoms with E-state index in [2.05, 4.69) is 76.9 Å². The normalized spacial score (nSPS) is 12.8. The minimum absolute atomic E-state index is 0. The summed E-state index contributed by atoms with van der Waals surface area (Å²) in [5.74, 6) is 1.41. The highest BCUT2D eigenvalue weighted by atomic mass is 79.9. The largest absolute Gasteiger partial charge is 1.00 e. The third kappa shape index (κ3) is 2.50. The second kappa shape index (κ2) is 6.09. The van der Waals surface area contributed by atoms with Gasteiger partial charge < -0.3 is 17.0 Å². The molecule has 0 spiro atoms. The van der Waals surface area contributed by atoms with Gasteiger partial charge in [-0.2, -0.15) is 4.57 Å². The molecule has 0 bridgehead atoms. The molecular formula is C19H19BrN2. The lowest BCUT2D eigenvalue weighted by molar-refractivity contribution is -0.679. The van der Waals surface area contributed by atoms with Crippen molar-refractivity contribution in [2.75, 3.05) is 0 Å². The first-order valence-corrected chi connectivity index (χ1v) is 7.59. The van der Waals surface area contributed by atoms with E-state index in [-0.39, 0.29) is 17.0 Å². The van der Waals surface area contributed by atoms with E-state index in [1.54, 1.807) is 0 Å². The molecule has 2 aromatic carbocycles. The van der Waals surface area contributed by atoms with Crippen LogP contribution < -0.4 is 21.5 Å². The summed E-state index contributed by atoms with van der Waals surface area (Å²) in [6.07, 6.45) is 4.68. The zero-order valence-corrected chi connectivity index (χ0v) is 14.3. The molecule has 1 aromatic heterocycles. The van der Waals surface area contributed by atoms with Crippen LogP contribution in [0.2, 0.25) is 0 Å². The molecule has 22 heavy (non-hydrogen) atoms. The van der Waals surface area contributed by atoms with Gasteiger partial charge in [0.05, 0.1) is 13.0 Å². The number of hydrogen-bond donors (Lipinski definition) is 0. The van der Waals surface area contributed by atoms with Gasteiger partial charge in [-0.3, -0.25) is 0 Å². The summed E-state index contributed by atoms with van der Waals surface area (Å²) >= 11 is 0. The van der Waals surface area contributed by atoms with E-state index < -0.39 is 0 Å². The maximum absolute atomic E-state index is 2.47. The summed E-state index contributed by atoms with van der Waals surface area (Å²) in [6, 6.07) is 19.5. The van der Waals surface area contributed by atoms with Crippen LogP contribution in [-0.4, -0.2) is 4.57 Å². The third-order valence-electron chi connectivity index (χ3n) is 4.30. The van der Waals surface area contributed by atoms with Crippen LogP contribution in [0.25, 0.3) is 16.9 Å². The van der Waals surface area contributed by atoms with Gasteiger partial charge in [0.25, 0.3) is 5.82 Å². The van der Waals surface area contributed by atoms with Crippen molar-refractivity contribution >= 4 is 0 Å². The molecular weight excluding hydrogens is 336 g/mol. The van der Waals surface area contributed by atoms with E-state index in [1.165, 1.54) is 34.8 Å². The topological polar surface area (TPSA) is 8.81 Å². The standard InChI is InChI=1S/C19H19N2.BrH/c1-15-9-11-17(12-10-15)21-14-18(16-6-3-2-4-7-16)20-13-5-8-19(20)21;/h2-4,6-7,9-12,14H,5,8,13H2,1H3;1H/q+1;/p-1. The molecule has 0 saturated heterocycles. The molecule has 4 rings (SSSR count). The summed E-state index contributed by atoms with van der Waals surface area (Å²) in [7, 11) is 0. The van der Waals surface area contributed by atoms with Crippen molar-refractivity contribution in [2.24, 2.45) is 0 Å². The van der Waals surface area contributed by atoms with Crippen LogP contribution in [0.5, 0.6) is 0 Å². The maximum Gasteiger partial charge on any atom is 0.262 e. The zero-order chi connectivity index (χ0) is 14.2. The molecule has 2 nitrogen and oxygen atoms in total. The lowest BCUT2D eigenvalue weighted by Gasteiger charge is -1.98. The second-order valence-electron chi connectivity index (χ2n) is 5.76. The van der Waals surface area contributed by atoms with Gasteiger partial charge in [0.2, 0.25) is 0 Å². The van der Waals surface area contributed by atoms with Crippen LogP contribution in [0.1, 0.15) is 17.8 Å². The van der Waals surface area contributed by atoms with Crippen LogP contribution in [0.3, 0.4) is 0 Å². The summed E-state index contributed by atoms with van der Waals surface area (Å²) in [4.78, 5) is 0. The fourth-order valence-electron chi connectivity index (χ4n) is 3.20. The lowest BCUT2D eigenvalue weighted by atomic mass is 10.1. The Morgan fingerprint density at radius 3 is 2.41 bits per heavy atom. The summed E-state index contributed by atoms with van der Waals surface area (Å²) in [6.45, 7) is 3.26. The van der Waals surface area contributed by atoms with E-state index >= 15 is 0 Å². The van der Waals surface area contributed by atoms with Crippen LogP contribution in [-0.2, 0) is 13.0 Å². The van der Waals surface area contributed by atoms with Gasteiger partial charge in [0, 0.05) is 5.56 Å². The maximum atomic E-state index is 2.47. The van der Waals surface area contributed by atoms with E-state index in [0.29, 0.717) is 0 Å². The molecule has 0 aliphatic carbocycles. The Morgan fingerprint density at radius 2 is 1.68 bits per heavy atom. The highest BCUT2D eigenvalue weighted by Gasteiger charge is 2.29. The van der Waals surface area contributed by atoms with Gasteiger partial charge in [0.1, 0.15) is 11.9 Å². The number of rotatable bonds is 2. The number of nitrogens with zero attached hydrogens (tertiary/aromatic N) is 2. The fraction of sp³-hybridized carbons (Fsp3) is 0.211. The van der Waals surface area contributed by atoms with Gasteiger partial charge in [0.15, 0.2) is 5.69 Å². The summed E-state index contributed by atoms with van der Waals surface area (Å²) < 4.78 is 4.82. The monoisotopic (exact) mass is 354 g/mol. The lowest BCUT2D eigenvalue weighted by Crippen LogP contribution is -3.00. The smallest absolute Gasteiger partial charge is 0.262 e. The molecule has 0 saturated carbocycles. The molecule has 112 valence electrons. The Bertz CT molecular complexity index is 773. The Kier molecular flexibility index (Phi) is 4.16. The minimum Gasteiger partial charge on any atom is -1.00 e. The van der Waals surface area contributed by atoms with Crippen LogP contribution in [0.15, 0.2) is 60.8 Å². The van der Waals surface area contributed by atoms with Crippen molar-refractivity contribution in [3.63, 3.8) is 0 Å². The van der Waals surface area contributed by atoms with Gasteiger partial charge in [-0.1, -0.05) is 48.0 Å². The van der Waals surface area contributed by atoms with Crippen LogP contribution in [0, 0.1) is 6.92 Å². The van der Waals surface area contributed by atoms with Crippen molar-refractivity contribution < 1.29 is 21.5 Å². The van der Waals surface area contributed by atoms with E-state index in [0.717, 1.165) is 13.0 Å². The molecule has 3 aromatic rings. The van der Waals surface area contributed by atoms with Crippen molar-refractivity contribution in [3.05, 3.63) is 72.2 Å². The summed E-state index contributed by atoms with van der Waals surface area (Å²) in [5.41, 5.74) is 5.18. The number of aromatic nitrogens is 2. The molecule has 0 amide bonds.